The maximum atomic E-state index is 14.4. The Morgan fingerprint density at radius 1 is 1.01 bits per heavy atom. The summed E-state index contributed by atoms with van der Waals surface area (Å²) in [6.07, 6.45) is 13.7. The van der Waals surface area contributed by atoms with Gasteiger partial charge in [-0.15, -0.1) is 0 Å². The van der Waals surface area contributed by atoms with Gasteiger partial charge in [-0.25, -0.2) is 23.4 Å². The number of piperidine rings is 2. The number of ether oxygens (including phenoxy) is 2. The lowest BCUT2D eigenvalue weighted by molar-refractivity contribution is -0.135. The number of amides is 4. The average molecular weight is 985 g/mol. The fraction of sp³-hybridized carbons (Fsp3) is 0.588. The molecule has 5 aliphatic rings. The minimum atomic E-state index is -2.91. The number of fused-ring (bicyclic) bond motifs is 1. The minimum absolute atomic E-state index is 0.0738. The molecule has 0 radical (unpaired) electrons. The lowest BCUT2D eigenvalue weighted by atomic mass is 9.81. The van der Waals surface area contributed by atoms with Crippen molar-refractivity contribution >= 4 is 46.1 Å². The highest BCUT2D eigenvalue weighted by Crippen LogP contribution is 2.38. The van der Waals surface area contributed by atoms with Gasteiger partial charge in [-0.05, 0) is 134 Å². The van der Waals surface area contributed by atoms with E-state index in [-0.39, 0.29) is 47.4 Å². The summed E-state index contributed by atoms with van der Waals surface area (Å²) in [5.41, 5.74) is 1.40. The van der Waals surface area contributed by atoms with Crippen molar-refractivity contribution in [1.29, 1.82) is 0 Å². The Balaban J connectivity index is 0.734. The molecule has 0 bridgehead atoms. The van der Waals surface area contributed by atoms with Gasteiger partial charge < -0.3 is 29.0 Å². The Bertz CT molecular complexity index is 2730. The van der Waals surface area contributed by atoms with Crippen LogP contribution in [0.15, 0.2) is 58.2 Å². The van der Waals surface area contributed by atoms with Gasteiger partial charge in [0.1, 0.15) is 24.1 Å². The number of likely N-dealkylation sites (tertiary alicyclic amines) is 1. The summed E-state index contributed by atoms with van der Waals surface area (Å²) in [6.45, 7) is 10.8. The van der Waals surface area contributed by atoms with Crippen LogP contribution in [0.5, 0.6) is 0 Å². The van der Waals surface area contributed by atoms with Gasteiger partial charge in [-0.3, -0.25) is 38.8 Å². The van der Waals surface area contributed by atoms with E-state index in [9.17, 15) is 32.8 Å². The predicted molar refractivity (Wildman–Crippen MR) is 259 cm³/mol. The topological polar surface area (TPSA) is 200 Å². The third kappa shape index (κ3) is 11.5. The number of aryl methyl sites for hydroxylation is 2. The van der Waals surface area contributed by atoms with E-state index in [4.69, 9.17) is 13.9 Å². The summed E-state index contributed by atoms with van der Waals surface area (Å²) in [6, 6.07) is 5.30. The van der Waals surface area contributed by atoms with Crippen LogP contribution in [-0.4, -0.2) is 108 Å². The summed E-state index contributed by atoms with van der Waals surface area (Å²) >= 11 is 0. The maximum absolute atomic E-state index is 14.4. The Morgan fingerprint density at radius 3 is 2.48 bits per heavy atom. The molecular formula is C51H66F2N10O8. The first-order valence-corrected chi connectivity index (χ1v) is 25.2. The number of anilines is 1. The molecule has 18 nitrogen and oxygen atoms in total. The number of hydrogen-bond donors (Lipinski definition) is 3. The van der Waals surface area contributed by atoms with E-state index < -0.39 is 47.8 Å². The zero-order valence-electron chi connectivity index (χ0n) is 41.2. The van der Waals surface area contributed by atoms with Gasteiger partial charge in [0.05, 0.1) is 28.9 Å². The number of alkyl halides is 2. The van der Waals surface area contributed by atoms with Crippen LogP contribution in [0.2, 0.25) is 0 Å². The second kappa shape index (κ2) is 20.9. The molecular weight excluding hydrogens is 919 g/mol. The number of nitrogens with zero attached hydrogens (tertiary/aromatic N) is 7. The SMILES string of the molecule is CC(C1CCC(n2cc(NC(=O)c3coc(C4=CC(NC(=O)OC(C)(C)C)N(CC5CC5)C=C4)n3)c(C(F)F)n2)CC1)N1CCC(OCCCc2cccc3c2n(C)c(=O)n3C2CCC(=O)NC2=O)CC1. The van der Waals surface area contributed by atoms with E-state index in [1.807, 2.05) is 29.3 Å². The third-order valence-corrected chi connectivity index (χ3v) is 14.7. The zero-order chi connectivity index (χ0) is 50.1. The van der Waals surface area contributed by atoms with E-state index in [1.54, 1.807) is 49.2 Å². The molecule has 4 aromatic rings. The number of aromatic nitrogens is 5. The van der Waals surface area contributed by atoms with E-state index in [0.29, 0.717) is 48.4 Å². The van der Waals surface area contributed by atoms with E-state index in [1.165, 1.54) is 17.0 Å². The van der Waals surface area contributed by atoms with Crippen LogP contribution in [0.25, 0.3) is 16.6 Å². The fourth-order valence-electron chi connectivity index (χ4n) is 10.7. The van der Waals surface area contributed by atoms with Crippen LogP contribution < -0.4 is 21.6 Å². The number of imidazole rings is 1. The van der Waals surface area contributed by atoms with Crippen molar-refractivity contribution in [2.75, 3.05) is 31.6 Å². The highest BCUT2D eigenvalue weighted by molar-refractivity contribution is 6.03. The number of carbonyl (C=O) groups excluding carboxylic acids is 4. The molecule has 2 saturated heterocycles. The fourth-order valence-corrected chi connectivity index (χ4v) is 10.7. The van der Waals surface area contributed by atoms with Gasteiger partial charge in [-0.2, -0.15) is 5.10 Å². The molecule has 20 heteroatoms. The maximum Gasteiger partial charge on any atom is 0.409 e. The molecule has 1 aromatic carbocycles. The molecule has 3 aromatic heterocycles. The highest BCUT2D eigenvalue weighted by Gasteiger charge is 2.35. The molecule has 4 fully saturated rings. The first kappa shape index (κ1) is 49.8. The Morgan fingerprint density at radius 2 is 1.77 bits per heavy atom. The lowest BCUT2D eigenvalue weighted by Gasteiger charge is -2.41. The van der Waals surface area contributed by atoms with E-state index >= 15 is 0 Å². The van der Waals surface area contributed by atoms with Crippen LogP contribution in [0.3, 0.4) is 0 Å². The van der Waals surface area contributed by atoms with Crippen molar-refractivity contribution < 1.29 is 41.8 Å². The van der Waals surface area contributed by atoms with Gasteiger partial charge in [0.25, 0.3) is 12.3 Å². The molecule has 0 spiro atoms. The van der Waals surface area contributed by atoms with Crippen LogP contribution >= 0.6 is 0 Å². The number of halogens is 2. The van der Waals surface area contributed by atoms with Crippen molar-refractivity contribution in [3.63, 3.8) is 0 Å². The molecule has 2 saturated carbocycles. The summed E-state index contributed by atoms with van der Waals surface area (Å²) in [4.78, 5) is 72.8. The van der Waals surface area contributed by atoms with Crippen molar-refractivity contribution in [1.82, 2.24) is 44.3 Å². The number of alkyl carbamates (subject to hydrolysis) is 1. The number of nitrogens with one attached hydrogen (secondary N) is 3. The first-order valence-electron chi connectivity index (χ1n) is 25.2. The lowest BCUT2D eigenvalue weighted by Crippen LogP contribution is -2.48. The molecule has 3 unspecified atom stereocenters. The second-order valence-corrected chi connectivity index (χ2v) is 20.9. The molecule has 6 heterocycles. The van der Waals surface area contributed by atoms with Crippen molar-refractivity contribution in [3.05, 3.63) is 82.3 Å². The smallest absolute Gasteiger partial charge is 0.409 e. The molecule has 382 valence electrons. The monoisotopic (exact) mass is 985 g/mol. The number of imide groups is 1. The zero-order valence-corrected chi connectivity index (χ0v) is 41.2. The highest BCUT2D eigenvalue weighted by atomic mass is 19.3. The van der Waals surface area contributed by atoms with Gasteiger partial charge in [0.15, 0.2) is 11.4 Å². The van der Waals surface area contributed by atoms with Crippen LogP contribution in [0, 0.1) is 11.8 Å². The number of allylic oxidation sites excluding steroid dienone is 2. The Kier molecular flexibility index (Phi) is 14.7. The Hall–Kier alpha value is -6.15. The van der Waals surface area contributed by atoms with Crippen LogP contribution in [0.4, 0.5) is 19.3 Å². The molecule has 3 atom stereocenters. The molecule has 3 aliphatic heterocycles. The second-order valence-electron chi connectivity index (χ2n) is 20.9. The summed E-state index contributed by atoms with van der Waals surface area (Å²) in [7, 11) is 1.72. The summed E-state index contributed by atoms with van der Waals surface area (Å²) < 4.78 is 51.0. The number of oxazole rings is 1. The quantitative estimate of drug-likeness (QED) is 0.0744. The van der Waals surface area contributed by atoms with Gasteiger partial charge in [-0.1, -0.05) is 12.1 Å². The number of benzene rings is 1. The van der Waals surface area contributed by atoms with Gasteiger partial charge in [0.2, 0.25) is 17.7 Å². The van der Waals surface area contributed by atoms with Crippen LogP contribution in [-0.2, 0) is 32.5 Å². The number of hydrogen-bond acceptors (Lipinski definition) is 12. The number of rotatable bonds is 16. The van der Waals surface area contributed by atoms with Crippen molar-refractivity contribution in [2.24, 2.45) is 18.9 Å². The Labute approximate surface area is 411 Å². The van der Waals surface area contributed by atoms with Crippen molar-refractivity contribution in [2.45, 2.75) is 147 Å². The molecule has 3 N–H and O–H groups in total. The van der Waals surface area contributed by atoms with Crippen LogP contribution in [0.1, 0.15) is 144 Å². The molecule has 4 amide bonds. The minimum Gasteiger partial charge on any atom is -0.444 e. The van der Waals surface area contributed by atoms with Gasteiger partial charge in [0, 0.05) is 63.7 Å². The summed E-state index contributed by atoms with van der Waals surface area (Å²) in [5, 5.41) is 12.2. The van der Waals surface area contributed by atoms with E-state index in [2.05, 4.69) is 37.9 Å². The average Bonchev–Trinajstić information content (AvgIpc) is 3.71. The number of para-hydroxylation sites is 1. The van der Waals surface area contributed by atoms with E-state index in [0.717, 1.165) is 88.5 Å². The summed E-state index contributed by atoms with van der Waals surface area (Å²) in [5.74, 6) is -0.363. The largest absolute Gasteiger partial charge is 0.444 e. The van der Waals surface area contributed by atoms with Gasteiger partial charge >= 0.3 is 11.8 Å². The molecule has 2 aliphatic carbocycles. The molecule has 9 rings (SSSR count). The number of carbonyl (C=O) groups is 4. The molecule has 71 heavy (non-hydrogen) atoms. The first-order chi connectivity index (χ1) is 34.0. The normalized spacial score (nSPS) is 23.0. The third-order valence-electron chi connectivity index (χ3n) is 14.7. The predicted octanol–water partition coefficient (Wildman–Crippen LogP) is 7.40. The van der Waals surface area contributed by atoms with Crippen molar-refractivity contribution in [3.8, 4) is 0 Å². The standard InChI is InChI=1S/C51H66F2N10O8/c1-30(60-23-20-36(21-24-60)69-25-7-9-33-8-6-10-39-44(33)59(5)50(68)63(39)40-17-18-42(64)57-47(40)66)32-13-15-35(16-14-32)62-28-37(43(58-62)45(52)53)54-46(65)38-29-70-48(55-38)34-19-22-61(27-31-11-12-31)41(26-34)56-49(67)71-51(2,3)4/h6,8,10,19,22,26,28-32,35-36,40-41,45H,7,9,11-18,20-21,23-25,27H2,1-5H3,(H,54,65)(H,56,67)(H,57,64,66).